The minimum atomic E-state index is 0.0532. The molecule has 1 aliphatic rings. The van der Waals surface area contributed by atoms with Crippen molar-refractivity contribution in [3.8, 4) is 0 Å². The summed E-state index contributed by atoms with van der Waals surface area (Å²) < 4.78 is 5.38. The van der Waals surface area contributed by atoms with Gasteiger partial charge in [0.25, 0.3) is 0 Å². The van der Waals surface area contributed by atoms with Crippen LogP contribution < -0.4 is 0 Å². The normalized spacial score (nSPS) is 24.7. The molecule has 1 amide bonds. The van der Waals surface area contributed by atoms with Crippen LogP contribution in [0.4, 0.5) is 0 Å². The van der Waals surface area contributed by atoms with Gasteiger partial charge in [0, 0.05) is 26.0 Å². The quantitative estimate of drug-likeness (QED) is 0.611. The molecule has 0 aromatic heterocycles. The highest BCUT2D eigenvalue weighted by Gasteiger charge is 2.29. The van der Waals surface area contributed by atoms with Crippen LogP contribution in [0.2, 0.25) is 0 Å². The molecule has 1 unspecified atom stereocenters. The van der Waals surface area contributed by atoms with Crippen molar-refractivity contribution in [2.75, 3.05) is 13.2 Å². The van der Waals surface area contributed by atoms with Crippen LogP contribution in [0, 0.1) is 0 Å². The van der Waals surface area contributed by atoms with Crippen LogP contribution in [0.5, 0.6) is 0 Å². The van der Waals surface area contributed by atoms with Crippen LogP contribution in [-0.4, -0.2) is 30.2 Å². The molecule has 0 spiro atoms. The highest BCUT2D eigenvalue weighted by Crippen LogP contribution is 2.18. The molecular weight excluding hydrogens is 142 g/mol. The van der Waals surface area contributed by atoms with Crippen molar-refractivity contribution < 1.29 is 9.53 Å². The first-order valence-electron chi connectivity index (χ1n) is 4.20. The molecular formula is C8H15NO2. The largest absolute Gasteiger partial charge is 0.359 e. The first kappa shape index (κ1) is 8.53. The van der Waals surface area contributed by atoms with Crippen molar-refractivity contribution in [2.45, 2.75) is 32.9 Å². The number of hydrogen-bond donors (Lipinski definition) is 0. The van der Waals surface area contributed by atoms with Crippen molar-refractivity contribution >= 4 is 5.91 Å². The maximum Gasteiger partial charge on any atom is 0.224 e. The lowest BCUT2D eigenvalue weighted by Crippen LogP contribution is -2.34. The van der Waals surface area contributed by atoms with E-state index in [2.05, 4.69) is 0 Å². The molecule has 0 saturated carbocycles. The van der Waals surface area contributed by atoms with Crippen LogP contribution in [0.1, 0.15) is 26.7 Å². The first-order chi connectivity index (χ1) is 5.29. The fraction of sp³-hybridized carbons (Fsp3) is 0.875. The number of nitrogens with zero attached hydrogens (tertiary/aromatic N) is 1. The molecule has 0 bridgehead atoms. The Morgan fingerprint density at radius 2 is 2.36 bits per heavy atom. The third kappa shape index (κ3) is 1.71. The lowest BCUT2D eigenvalue weighted by atomic mass is 10.3. The smallest absolute Gasteiger partial charge is 0.224 e. The van der Waals surface area contributed by atoms with Gasteiger partial charge >= 0.3 is 0 Å². The zero-order valence-corrected chi connectivity index (χ0v) is 7.17. The van der Waals surface area contributed by atoms with Gasteiger partial charge in [-0.1, -0.05) is 0 Å². The summed E-state index contributed by atoms with van der Waals surface area (Å²) in [4.78, 5) is 12.9. The molecule has 1 rings (SSSR count). The maximum absolute atomic E-state index is 11.1. The summed E-state index contributed by atoms with van der Waals surface area (Å²) in [5, 5.41) is 0. The predicted molar refractivity (Wildman–Crippen MR) is 42.0 cm³/mol. The minimum absolute atomic E-state index is 0.0532. The molecule has 1 fully saturated rings. The summed E-state index contributed by atoms with van der Waals surface area (Å²) >= 11 is 0. The molecule has 1 heterocycles. The zero-order valence-electron chi connectivity index (χ0n) is 7.17. The average molecular weight is 157 g/mol. The fourth-order valence-electron chi connectivity index (χ4n) is 1.45. The second-order valence-corrected chi connectivity index (χ2v) is 2.63. The van der Waals surface area contributed by atoms with E-state index in [1.807, 2.05) is 13.8 Å². The molecule has 0 aliphatic carbocycles. The summed E-state index contributed by atoms with van der Waals surface area (Å²) in [5.41, 5.74) is 0. The minimum Gasteiger partial charge on any atom is -0.359 e. The molecule has 1 saturated heterocycles. The molecule has 3 nitrogen and oxygen atoms in total. The summed E-state index contributed by atoms with van der Waals surface area (Å²) in [6, 6.07) is 0. The van der Waals surface area contributed by atoms with Gasteiger partial charge in [-0.05, 0) is 13.8 Å². The summed E-state index contributed by atoms with van der Waals surface area (Å²) in [5.74, 6) is 0.228. The van der Waals surface area contributed by atoms with E-state index in [1.54, 1.807) is 4.90 Å². The Morgan fingerprint density at radius 3 is 2.91 bits per heavy atom. The number of ether oxygens (including phenoxy) is 1. The average Bonchev–Trinajstić information content (AvgIpc) is 2.33. The van der Waals surface area contributed by atoms with Gasteiger partial charge in [-0.2, -0.15) is 0 Å². The molecule has 0 radical (unpaired) electrons. The van der Waals surface area contributed by atoms with E-state index in [-0.39, 0.29) is 12.1 Å². The number of hydrogen-bond acceptors (Lipinski definition) is 2. The molecule has 0 aromatic rings. The number of carbonyl (C=O) groups is 1. The molecule has 11 heavy (non-hydrogen) atoms. The Hall–Kier alpha value is -0.570. The van der Waals surface area contributed by atoms with Gasteiger partial charge in [0.05, 0.1) is 0 Å². The predicted octanol–water partition coefficient (Wildman–Crippen LogP) is 0.991. The SMILES string of the molecule is CCOC1CCC(=O)N1CC. The number of carbonyl (C=O) groups excluding carboxylic acids is 1. The summed E-state index contributed by atoms with van der Waals surface area (Å²) in [6.07, 6.45) is 1.57. The number of likely N-dealkylation sites (tertiary alicyclic amines) is 1. The van der Waals surface area contributed by atoms with Crippen LogP contribution in [-0.2, 0) is 9.53 Å². The second kappa shape index (κ2) is 3.72. The monoisotopic (exact) mass is 157 g/mol. The first-order valence-corrected chi connectivity index (χ1v) is 4.20. The van der Waals surface area contributed by atoms with Crippen molar-refractivity contribution in [2.24, 2.45) is 0 Å². The van der Waals surface area contributed by atoms with E-state index in [4.69, 9.17) is 4.74 Å². The molecule has 0 aromatic carbocycles. The lowest BCUT2D eigenvalue weighted by molar-refractivity contribution is -0.135. The van der Waals surface area contributed by atoms with Gasteiger partial charge in [-0.25, -0.2) is 0 Å². The van der Waals surface area contributed by atoms with E-state index in [0.717, 1.165) is 13.0 Å². The Morgan fingerprint density at radius 1 is 1.64 bits per heavy atom. The fourth-order valence-corrected chi connectivity index (χ4v) is 1.45. The zero-order chi connectivity index (χ0) is 8.27. The van der Waals surface area contributed by atoms with Gasteiger partial charge in [0.1, 0.15) is 6.23 Å². The Balaban J connectivity index is 2.47. The lowest BCUT2D eigenvalue weighted by Gasteiger charge is -2.22. The van der Waals surface area contributed by atoms with Gasteiger partial charge in [0.15, 0.2) is 0 Å². The van der Waals surface area contributed by atoms with E-state index < -0.39 is 0 Å². The third-order valence-electron chi connectivity index (χ3n) is 1.97. The van der Waals surface area contributed by atoms with Crippen LogP contribution >= 0.6 is 0 Å². The van der Waals surface area contributed by atoms with Gasteiger partial charge in [-0.15, -0.1) is 0 Å². The molecule has 3 heteroatoms. The standard InChI is InChI=1S/C8H15NO2/c1-3-9-7(10)5-6-8(9)11-4-2/h8H,3-6H2,1-2H3. The third-order valence-corrected chi connectivity index (χ3v) is 1.97. The second-order valence-electron chi connectivity index (χ2n) is 2.63. The van der Waals surface area contributed by atoms with Crippen LogP contribution in [0.25, 0.3) is 0 Å². The highest BCUT2D eigenvalue weighted by molar-refractivity contribution is 5.78. The Kier molecular flexibility index (Phi) is 2.88. The van der Waals surface area contributed by atoms with E-state index >= 15 is 0 Å². The van der Waals surface area contributed by atoms with E-state index in [1.165, 1.54) is 0 Å². The molecule has 64 valence electrons. The summed E-state index contributed by atoms with van der Waals surface area (Å²) in [7, 11) is 0. The van der Waals surface area contributed by atoms with E-state index in [9.17, 15) is 4.79 Å². The molecule has 1 aliphatic heterocycles. The van der Waals surface area contributed by atoms with Gasteiger partial charge < -0.3 is 9.64 Å². The Labute approximate surface area is 67.3 Å². The van der Waals surface area contributed by atoms with E-state index in [0.29, 0.717) is 13.0 Å². The molecule has 0 N–H and O–H groups in total. The van der Waals surface area contributed by atoms with Crippen LogP contribution in [0.15, 0.2) is 0 Å². The van der Waals surface area contributed by atoms with Gasteiger partial charge in [-0.3, -0.25) is 4.79 Å². The summed E-state index contributed by atoms with van der Waals surface area (Å²) in [6.45, 7) is 5.39. The topological polar surface area (TPSA) is 29.5 Å². The highest BCUT2D eigenvalue weighted by atomic mass is 16.5. The van der Waals surface area contributed by atoms with Crippen LogP contribution in [0.3, 0.4) is 0 Å². The van der Waals surface area contributed by atoms with Gasteiger partial charge in [0.2, 0.25) is 5.91 Å². The Bertz CT molecular complexity index is 147. The maximum atomic E-state index is 11.1. The van der Waals surface area contributed by atoms with Crippen molar-refractivity contribution in [3.63, 3.8) is 0 Å². The van der Waals surface area contributed by atoms with Crippen molar-refractivity contribution in [3.05, 3.63) is 0 Å². The van der Waals surface area contributed by atoms with Crippen molar-refractivity contribution in [1.82, 2.24) is 4.90 Å². The number of rotatable bonds is 3. The number of amides is 1. The molecule has 1 atom stereocenters. The van der Waals surface area contributed by atoms with Crippen molar-refractivity contribution in [1.29, 1.82) is 0 Å².